The van der Waals surface area contributed by atoms with Crippen LogP contribution in [0.15, 0.2) is 24.3 Å². The summed E-state index contributed by atoms with van der Waals surface area (Å²) in [6.07, 6.45) is 0.467. The molecule has 3 rings (SSSR count). The van der Waals surface area contributed by atoms with E-state index in [1.54, 1.807) is 0 Å². The lowest BCUT2D eigenvalue weighted by Gasteiger charge is -2.23. The van der Waals surface area contributed by atoms with Crippen molar-refractivity contribution in [3.8, 4) is 0 Å². The summed E-state index contributed by atoms with van der Waals surface area (Å²) in [5.74, 6) is 1.56. The van der Waals surface area contributed by atoms with Crippen LogP contribution in [0.4, 0.5) is 16.4 Å². The van der Waals surface area contributed by atoms with E-state index in [1.807, 2.05) is 52.1 Å². The van der Waals surface area contributed by atoms with Crippen molar-refractivity contribution in [3.63, 3.8) is 0 Å². The highest BCUT2D eigenvalue weighted by Crippen LogP contribution is 2.27. The Bertz CT molecular complexity index is 772. The number of alkyl carbamates (subject to hydrolysis) is 1. The molecular formula is C18H25N5O2. The Balaban J connectivity index is 1.73. The fraction of sp³-hybridized carbons (Fsp3) is 0.500. The number of nitrogens with zero attached hydrogens (tertiary/aromatic N) is 3. The molecule has 2 N–H and O–H groups in total. The minimum atomic E-state index is -0.495. The molecule has 2 heterocycles. The molecule has 1 fully saturated rings. The number of anilines is 2. The van der Waals surface area contributed by atoms with Gasteiger partial charge in [-0.15, -0.1) is 0 Å². The van der Waals surface area contributed by atoms with E-state index >= 15 is 0 Å². The average Bonchev–Trinajstić information content (AvgIpc) is 2.99. The Labute approximate surface area is 147 Å². The molecule has 1 aliphatic rings. The van der Waals surface area contributed by atoms with E-state index in [0.717, 1.165) is 35.6 Å². The first kappa shape index (κ1) is 17.3. The van der Waals surface area contributed by atoms with Crippen molar-refractivity contribution < 1.29 is 9.53 Å². The molecule has 1 amide bonds. The molecule has 25 heavy (non-hydrogen) atoms. The lowest BCUT2D eigenvalue weighted by molar-refractivity contribution is 0.0509. The van der Waals surface area contributed by atoms with Crippen molar-refractivity contribution in [3.05, 3.63) is 24.3 Å². The van der Waals surface area contributed by atoms with E-state index in [2.05, 4.69) is 20.5 Å². The van der Waals surface area contributed by atoms with Crippen LogP contribution in [0.2, 0.25) is 0 Å². The molecular weight excluding hydrogens is 318 g/mol. The van der Waals surface area contributed by atoms with Gasteiger partial charge in [0.1, 0.15) is 5.60 Å². The average molecular weight is 343 g/mol. The second-order valence-corrected chi connectivity index (χ2v) is 7.21. The lowest BCUT2D eigenvalue weighted by atomic mass is 10.2. The third-order valence-corrected chi connectivity index (χ3v) is 4.00. The van der Waals surface area contributed by atoms with Crippen LogP contribution in [-0.2, 0) is 4.74 Å². The number of benzene rings is 1. The quantitative estimate of drug-likeness (QED) is 0.892. The normalized spacial score (nSPS) is 17.6. The van der Waals surface area contributed by atoms with E-state index < -0.39 is 5.60 Å². The van der Waals surface area contributed by atoms with E-state index in [-0.39, 0.29) is 12.1 Å². The zero-order chi connectivity index (χ0) is 18.0. The minimum absolute atomic E-state index is 0.0350. The predicted octanol–water partition coefficient (Wildman–Crippen LogP) is 2.77. The number of hydrogen-bond acceptors (Lipinski definition) is 6. The summed E-state index contributed by atoms with van der Waals surface area (Å²) in [7, 11) is 1.84. The van der Waals surface area contributed by atoms with Gasteiger partial charge in [-0.2, -0.15) is 0 Å². The van der Waals surface area contributed by atoms with Gasteiger partial charge in [0.2, 0.25) is 0 Å². The maximum absolute atomic E-state index is 12.0. The maximum atomic E-state index is 12.0. The molecule has 134 valence electrons. The van der Waals surface area contributed by atoms with Crippen molar-refractivity contribution >= 4 is 28.8 Å². The Morgan fingerprint density at radius 2 is 1.92 bits per heavy atom. The smallest absolute Gasteiger partial charge is 0.407 e. The monoisotopic (exact) mass is 343 g/mol. The number of rotatable bonds is 3. The van der Waals surface area contributed by atoms with E-state index in [1.165, 1.54) is 0 Å². The van der Waals surface area contributed by atoms with Gasteiger partial charge in [0, 0.05) is 20.1 Å². The summed E-state index contributed by atoms with van der Waals surface area (Å²) in [6.45, 7) is 7.06. The van der Waals surface area contributed by atoms with E-state index in [4.69, 9.17) is 9.72 Å². The highest BCUT2D eigenvalue weighted by atomic mass is 16.6. The van der Waals surface area contributed by atoms with Gasteiger partial charge < -0.3 is 20.3 Å². The fourth-order valence-electron chi connectivity index (χ4n) is 2.92. The fourth-order valence-corrected chi connectivity index (χ4v) is 2.92. The van der Waals surface area contributed by atoms with Gasteiger partial charge >= 0.3 is 6.09 Å². The maximum Gasteiger partial charge on any atom is 0.407 e. The summed E-state index contributed by atoms with van der Waals surface area (Å²) in [4.78, 5) is 23.5. The van der Waals surface area contributed by atoms with Gasteiger partial charge in [-0.3, -0.25) is 0 Å². The Morgan fingerprint density at radius 3 is 2.56 bits per heavy atom. The molecule has 1 unspecified atom stereocenters. The SMILES string of the molecule is CNc1nc2ccccc2nc1N1CCC(NC(=O)OC(C)(C)C)C1. The summed E-state index contributed by atoms with van der Waals surface area (Å²) in [6, 6.07) is 7.85. The minimum Gasteiger partial charge on any atom is -0.444 e. The van der Waals surface area contributed by atoms with Crippen LogP contribution in [0, 0.1) is 0 Å². The van der Waals surface area contributed by atoms with Crippen LogP contribution in [-0.4, -0.2) is 47.8 Å². The van der Waals surface area contributed by atoms with Gasteiger partial charge in [-0.1, -0.05) is 12.1 Å². The Kier molecular flexibility index (Phi) is 4.65. The number of hydrogen-bond donors (Lipinski definition) is 2. The second kappa shape index (κ2) is 6.74. The van der Waals surface area contributed by atoms with Crippen molar-refractivity contribution in [2.24, 2.45) is 0 Å². The first-order chi connectivity index (χ1) is 11.9. The molecule has 0 radical (unpaired) electrons. The number of para-hydroxylation sites is 2. The van der Waals surface area contributed by atoms with Crippen LogP contribution >= 0.6 is 0 Å². The second-order valence-electron chi connectivity index (χ2n) is 7.21. The molecule has 0 spiro atoms. The first-order valence-electron chi connectivity index (χ1n) is 8.55. The zero-order valence-electron chi connectivity index (χ0n) is 15.2. The third kappa shape index (κ3) is 4.10. The molecule has 1 aliphatic heterocycles. The number of nitrogens with one attached hydrogen (secondary N) is 2. The molecule has 1 atom stereocenters. The molecule has 0 saturated carbocycles. The molecule has 2 aromatic rings. The largest absolute Gasteiger partial charge is 0.444 e. The number of carbonyl (C=O) groups excluding carboxylic acids is 1. The number of fused-ring (bicyclic) bond motifs is 1. The molecule has 7 nitrogen and oxygen atoms in total. The van der Waals surface area contributed by atoms with Crippen molar-refractivity contribution in [2.75, 3.05) is 30.4 Å². The summed E-state index contributed by atoms with van der Waals surface area (Å²) in [5, 5.41) is 6.06. The van der Waals surface area contributed by atoms with Gasteiger partial charge in [-0.25, -0.2) is 14.8 Å². The number of ether oxygens (including phenoxy) is 1. The van der Waals surface area contributed by atoms with E-state index in [9.17, 15) is 4.79 Å². The topological polar surface area (TPSA) is 79.4 Å². The van der Waals surface area contributed by atoms with Crippen LogP contribution in [0.3, 0.4) is 0 Å². The Morgan fingerprint density at radius 1 is 1.24 bits per heavy atom. The van der Waals surface area contributed by atoms with Gasteiger partial charge in [0.25, 0.3) is 0 Å². The van der Waals surface area contributed by atoms with Gasteiger partial charge in [-0.05, 0) is 39.3 Å². The third-order valence-electron chi connectivity index (χ3n) is 4.00. The summed E-state index contributed by atoms with van der Waals surface area (Å²) in [5.41, 5.74) is 1.23. The van der Waals surface area contributed by atoms with Gasteiger partial charge in [0.05, 0.1) is 17.1 Å². The standard InChI is InChI=1S/C18H25N5O2/c1-18(2,3)25-17(24)20-12-9-10-23(11-12)16-15(19-4)21-13-7-5-6-8-14(13)22-16/h5-8,12H,9-11H2,1-4H3,(H,19,21)(H,20,24). The molecule has 1 aromatic carbocycles. The predicted molar refractivity (Wildman–Crippen MR) is 99.1 cm³/mol. The first-order valence-corrected chi connectivity index (χ1v) is 8.55. The molecule has 0 bridgehead atoms. The van der Waals surface area contributed by atoms with Crippen molar-refractivity contribution in [2.45, 2.75) is 38.8 Å². The van der Waals surface area contributed by atoms with Crippen molar-refractivity contribution in [1.29, 1.82) is 0 Å². The van der Waals surface area contributed by atoms with Crippen LogP contribution < -0.4 is 15.5 Å². The van der Waals surface area contributed by atoms with Gasteiger partial charge in [0.15, 0.2) is 11.6 Å². The molecule has 1 saturated heterocycles. The van der Waals surface area contributed by atoms with Crippen LogP contribution in [0.5, 0.6) is 0 Å². The number of carbonyl (C=O) groups is 1. The summed E-state index contributed by atoms with van der Waals surface area (Å²) < 4.78 is 5.33. The number of amides is 1. The number of aromatic nitrogens is 2. The zero-order valence-corrected chi connectivity index (χ0v) is 15.2. The molecule has 7 heteroatoms. The Hall–Kier alpha value is -2.57. The van der Waals surface area contributed by atoms with E-state index in [0.29, 0.717) is 6.54 Å². The summed E-state index contributed by atoms with van der Waals surface area (Å²) >= 11 is 0. The van der Waals surface area contributed by atoms with Crippen LogP contribution in [0.1, 0.15) is 27.2 Å². The van der Waals surface area contributed by atoms with Crippen LogP contribution in [0.25, 0.3) is 11.0 Å². The molecule has 0 aliphatic carbocycles. The highest BCUT2D eigenvalue weighted by Gasteiger charge is 2.28. The lowest BCUT2D eigenvalue weighted by Crippen LogP contribution is -2.40. The van der Waals surface area contributed by atoms with Crippen molar-refractivity contribution in [1.82, 2.24) is 15.3 Å². The highest BCUT2D eigenvalue weighted by molar-refractivity contribution is 5.80. The molecule has 1 aromatic heterocycles.